The van der Waals surface area contributed by atoms with E-state index in [1.54, 1.807) is 10.6 Å². The van der Waals surface area contributed by atoms with Crippen molar-refractivity contribution >= 4 is 17.2 Å². The Morgan fingerprint density at radius 3 is 2.65 bits per heavy atom. The van der Waals surface area contributed by atoms with E-state index in [9.17, 15) is 4.39 Å². The zero-order valence-electron chi connectivity index (χ0n) is 8.77. The Morgan fingerprint density at radius 1 is 1.12 bits per heavy atom. The Morgan fingerprint density at radius 2 is 1.88 bits per heavy atom. The third-order valence-corrected chi connectivity index (χ3v) is 2.81. The Labute approximate surface area is 102 Å². The van der Waals surface area contributed by atoms with Crippen LogP contribution in [0.3, 0.4) is 0 Å². The fraction of sp³-hybridized carbons (Fsp3) is 0. The highest BCUT2D eigenvalue weighted by Crippen LogP contribution is 2.21. The zero-order chi connectivity index (χ0) is 11.8. The molecule has 0 radical (unpaired) electrons. The maximum Gasteiger partial charge on any atom is 0.140 e. The number of rotatable bonds is 1. The van der Waals surface area contributed by atoms with Crippen molar-refractivity contribution in [2.24, 2.45) is 0 Å². The molecule has 0 saturated heterocycles. The lowest BCUT2D eigenvalue weighted by atomic mass is 10.2. The number of halogens is 2. The van der Waals surface area contributed by atoms with E-state index >= 15 is 0 Å². The van der Waals surface area contributed by atoms with Gasteiger partial charge in [-0.2, -0.15) is 0 Å². The van der Waals surface area contributed by atoms with Gasteiger partial charge in [-0.05, 0) is 18.2 Å². The lowest BCUT2D eigenvalue weighted by molar-refractivity contribution is 0.626. The predicted octanol–water partition coefficient (Wildman–Crippen LogP) is 3.79. The van der Waals surface area contributed by atoms with Crippen LogP contribution in [-0.2, 0) is 0 Å². The van der Waals surface area contributed by atoms with Gasteiger partial charge in [0, 0.05) is 29.0 Å². The minimum Gasteiger partial charge on any atom is -0.306 e. The summed E-state index contributed by atoms with van der Waals surface area (Å²) in [5, 5.41) is 0.684. The summed E-state index contributed by atoms with van der Waals surface area (Å²) >= 11 is 5.82. The van der Waals surface area contributed by atoms with Crippen LogP contribution < -0.4 is 0 Å². The maximum absolute atomic E-state index is 13.0. The molecule has 0 amide bonds. The van der Waals surface area contributed by atoms with Crippen molar-refractivity contribution in [3.05, 3.63) is 59.6 Å². The van der Waals surface area contributed by atoms with Crippen LogP contribution in [0, 0.1) is 5.82 Å². The van der Waals surface area contributed by atoms with Gasteiger partial charge in [-0.3, -0.25) is 0 Å². The third kappa shape index (κ3) is 1.89. The van der Waals surface area contributed by atoms with E-state index in [1.165, 1.54) is 12.1 Å². The van der Waals surface area contributed by atoms with Crippen LogP contribution in [0.15, 0.2) is 48.8 Å². The second-order valence-corrected chi connectivity index (χ2v) is 4.18. The molecule has 2 heterocycles. The van der Waals surface area contributed by atoms with Crippen LogP contribution in [0.1, 0.15) is 0 Å². The van der Waals surface area contributed by atoms with Crippen molar-refractivity contribution in [3.8, 4) is 11.3 Å². The average molecular weight is 247 g/mol. The van der Waals surface area contributed by atoms with Gasteiger partial charge in [-0.25, -0.2) is 9.37 Å². The molecule has 0 aliphatic heterocycles. The molecule has 0 fully saturated rings. The first-order chi connectivity index (χ1) is 8.22. The summed E-state index contributed by atoms with van der Waals surface area (Å²) in [6, 6.07) is 10.2. The van der Waals surface area contributed by atoms with Crippen molar-refractivity contribution < 1.29 is 4.39 Å². The van der Waals surface area contributed by atoms with Gasteiger partial charge in [0.1, 0.15) is 11.5 Å². The molecule has 3 aromatic rings. The number of imidazole rings is 1. The molecule has 0 bridgehead atoms. The van der Waals surface area contributed by atoms with Crippen LogP contribution in [0.5, 0.6) is 0 Å². The second-order valence-electron chi connectivity index (χ2n) is 3.74. The molecule has 0 saturated carbocycles. The van der Waals surface area contributed by atoms with Gasteiger partial charge in [-0.15, -0.1) is 0 Å². The minimum atomic E-state index is -0.286. The molecule has 1 aromatic carbocycles. The lowest BCUT2D eigenvalue weighted by Gasteiger charge is -1.94. The zero-order valence-corrected chi connectivity index (χ0v) is 9.53. The van der Waals surface area contributed by atoms with E-state index in [1.807, 2.05) is 30.5 Å². The summed E-state index contributed by atoms with van der Waals surface area (Å²) in [6.45, 7) is 0. The van der Waals surface area contributed by atoms with Crippen LogP contribution >= 0.6 is 11.6 Å². The average Bonchev–Trinajstić information content (AvgIpc) is 2.72. The molecule has 4 heteroatoms. The molecule has 2 nitrogen and oxygen atoms in total. The fourth-order valence-electron chi connectivity index (χ4n) is 1.72. The Bertz CT molecular complexity index is 673. The SMILES string of the molecule is Fc1ccn2cc(-c3ccc(Cl)cc3)nc2c1. The quantitative estimate of drug-likeness (QED) is 0.639. The molecule has 0 aliphatic rings. The summed E-state index contributed by atoms with van der Waals surface area (Å²) in [5.74, 6) is -0.286. The van der Waals surface area contributed by atoms with Crippen LogP contribution in [0.4, 0.5) is 4.39 Å². The minimum absolute atomic E-state index is 0.286. The van der Waals surface area contributed by atoms with Crippen molar-refractivity contribution in [2.75, 3.05) is 0 Å². The number of nitrogens with zero attached hydrogens (tertiary/aromatic N) is 2. The number of hydrogen-bond donors (Lipinski definition) is 0. The van der Waals surface area contributed by atoms with E-state index < -0.39 is 0 Å². The highest BCUT2D eigenvalue weighted by molar-refractivity contribution is 6.30. The Hall–Kier alpha value is -1.87. The molecule has 2 aromatic heterocycles. The van der Waals surface area contributed by atoms with E-state index in [4.69, 9.17) is 11.6 Å². The van der Waals surface area contributed by atoms with Crippen LogP contribution in [-0.4, -0.2) is 9.38 Å². The van der Waals surface area contributed by atoms with Crippen LogP contribution in [0.2, 0.25) is 5.02 Å². The lowest BCUT2D eigenvalue weighted by Crippen LogP contribution is -1.82. The smallest absolute Gasteiger partial charge is 0.140 e. The number of aromatic nitrogens is 2. The van der Waals surface area contributed by atoms with Gasteiger partial charge in [0.25, 0.3) is 0 Å². The molecule has 0 aliphatic carbocycles. The Balaban J connectivity index is 2.14. The highest BCUT2D eigenvalue weighted by atomic mass is 35.5. The number of hydrogen-bond acceptors (Lipinski definition) is 1. The summed E-state index contributed by atoms with van der Waals surface area (Å²) < 4.78 is 14.8. The summed E-state index contributed by atoms with van der Waals surface area (Å²) in [6.07, 6.45) is 3.51. The maximum atomic E-state index is 13.0. The fourth-order valence-corrected chi connectivity index (χ4v) is 1.84. The largest absolute Gasteiger partial charge is 0.306 e. The molecule has 0 atom stereocenters. The monoisotopic (exact) mass is 246 g/mol. The first kappa shape index (κ1) is 10.3. The molecule has 0 spiro atoms. The normalized spacial score (nSPS) is 10.9. The molecule has 17 heavy (non-hydrogen) atoms. The summed E-state index contributed by atoms with van der Waals surface area (Å²) in [5.41, 5.74) is 2.35. The van der Waals surface area contributed by atoms with E-state index in [-0.39, 0.29) is 5.82 Å². The molecule has 0 N–H and O–H groups in total. The van der Waals surface area contributed by atoms with Crippen LogP contribution in [0.25, 0.3) is 16.9 Å². The van der Waals surface area contributed by atoms with E-state index in [0.29, 0.717) is 10.7 Å². The topological polar surface area (TPSA) is 17.3 Å². The van der Waals surface area contributed by atoms with Gasteiger partial charge >= 0.3 is 0 Å². The van der Waals surface area contributed by atoms with E-state index in [2.05, 4.69) is 4.98 Å². The van der Waals surface area contributed by atoms with E-state index in [0.717, 1.165) is 11.3 Å². The second kappa shape index (κ2) is 3.86. The standard InChI is InChI=1S/C13H8ClFN2/c14-10-3-1-9(2-4-10)12-8-17-6-5-11(15)7-13(17)16-12/h1-8H. The third-order valence-electron chi connectivity index (χ3n) is 2.56. The number of fused-ring (bicyclic) bond motifs is 1. The van der Waals surface area contributed by atoms with Gasteiger partial charge in [0.05, 0.1) is 5.69 Å². The molecule has 84 valence electrons. The van der Waals surface area contributed by atoms with Crippen molar-refractivity contribution in [2.45, 2.75) is 0 Å². The number of benzene rings is 1. The van der Waals surface area contributed by atoms with Crippen molar-refractivity contribution in [3.63, 3.8) is 0 Å². The molecule has 0 unspecified atom stereocenters. The van der Waals surface area contributed by atoms with Crippen molar-refractivity contribution in [1.82, 2.24) is 9.38 Å². The summed E-state index contributed by atoms with van der Waals surface area (Å²) in [4.78, 5) is 4.35. The molecular weight excluding hydrogens is 239 g/mol. The first-order valence-corrected chi connectivity index (χ1v) is 5.50. The Kier molecular flexibility index (Phi) is 2.34. The first-order valence-electron chi connectivity index (χ1n) is 5.12. The summed E-state index contributed by atoms with van der Waals surface area (Å²) in [7, 11) is 0. The van der Waals surface area contributed by atoms with Gasteiger partial charge < -0.3 is 4.40 Å². The van der Waals surface area contributed by atoms with Gasteiger partial charge in [0.2, 0.25) is 0 Å². The highest BCUT2D eigenvalue weighted by Gasteiger charge is 2.04. The number of pyridine rings is 1. The van der Waals surface area contributed by atoms with Gasteiger partial charge in [-0.1, -0.05) is 23.7 Å². The predicted molar refractivity (Wildman–Crippen MR) is 65.6 cm³/mol. The molecule has 3 rings (SSSR count). The van der Waals surface area contributed by atoms with Gasteiger partial charge in [0.15, 0.2) is 0 Å². The van der Waals surface area contributed by atoms with Crippen molar-refractivity contribution in [1.29, 1.82) is 0 Å². The molecular formula is C13H8ClFN2.